The van der Waals surface area contributed by atoms with Crippen molar-refractivity contribution in [1.29, 1.82) is 0 Å². The molecule has 0 aliphatic carbocycles. The topological polar surface area (TPSA) is 34.0 Å². The highest BCUT2D eigenvalue weighted by atomic mass is 32.2. The number of carbonyl (C=O) groups excluding carboxylic acids is 1. The van der Waals surface area contributed by atoms with Gasteiger partial charge in [0.1, 0.15) is 0 Å². The minimum atomic E-state index is -0.167. The highest BCUT2D eigenvalue weighted by Gasteiger charge is 2.16. The molecular weight excluding hydrogens is 352 g/mol. The summed E-state index contributed by atoms with van der Waals surface area (Å²) in [6, 6.07) is 24.6. The number of carbonyl (C=O) groups is 1. The van der Waals surface area contributed by atoms with Gasteiger partial charge in [-0.15, -0.1) is 11.8 Å². The number of fused-ring (bicyclic) bond motifs is 3. The summed E-state index contributed by atoms with van der Waals surface area (Å²) in [7, 11) is 0. The van der Waals surface area contributed by atoms with Crippen LogP contribution in [0.5, 0.6) is 0 Å². The number of rotatable bonds is 5. The second kappa shape index (κ2) is 7.49. The van der Waals surface area contributed by atoms with Gasteiger partial charge in [-0.05, 0) is 50.2 Å². The number of aryl methyl sites for hydroxylation is 1. The normalized spacial score (nSPS) is 12.4. The van der Waals surface area contributed by atoms with E-state index in [0.29, 0.717) is 0 Å². The van der Waals surface area contributed by atoms with Gasteiger partial charge in [0.2, 0.25) is 5.91 Å². The number of amides is 1. The van der Waals surface area contributed by atoms with Crippen molar-refractivity contribution in [2.24, 2.45) is 0 Å². The Morgan fingerprint density at radius 3 is 2.44 bits per heavy atom. The Balaban J connectivity index is 1.61. The van der Waals surface area contributed by atoms with Gasteiger partial charge in [-0.3, -0.25) is 4.79 Å². The van der Waals surface area contributed by atoms with E-state index in [9.17, 15) is 4.79 Å². The molecule has 0 bridgehead atoms. The van der Waals surface area contributed by atoms with Crippen molar-refractivity contribution in [2.45, 2.75) is 30.5 Å². The lowest BCUT2D eigenvalue weighted by molar-refractivity contribution is -0.115. The summed E-state index contributed by atoms with van der Waals surface area (Å²) in [6.07, 6.45) is 0. The predicted octanol–water partition coefficient (Wildman–Crippen LogP) is 5.93. The van der Waals surface area contributed by atoms with Crippen molar-refractivity contribution in [3.8, 4) is 0 Å². The minimum absolute atomic E-state index is 0.0161. The van der Waals surface area contributed by atoms with Crippen molar-refractivity contribution in [2.75, 3.05) is 5.32 Å². The van der Waals surface area contributed by atoms with Crippen LogP contribution in [-0.4, -0.2) is 15.7 Å². The molecule has 136 valence electrons. The van der Waals surface area contributed by atoms with Crippen LogP contribution in [-0.2, 0) is 11.3 Å². The van der Waals surface area contributed by atoms with Crippen LogP contribution in [0.15, 0.2) is 77.7 Å². The predicted molar refractivity (Wildman–Crippen MR) is 116 cm³/mol. The van der Waals surface area contributed by atoms with Crippen molar-refractivity contribution >= 4 is 45.2 Å². The summed E-state index contributed by atoms with van der Waals surface area (Å²) >= 11 is 1.57. The molecular formula is C23H22N2OS. The van der Waals surface area contributed by atoms with Gasteiger partial charge < -0.3 is 9.88 Å². The van der Waals surface area contributed by atoms with Crippen LogP contribution in [0.2, 0.25) is 0 Å². The lowest BCUT2D eigenvalue weighted by atomic mass is 10.1. The average molecular weight is 375 g/mol. The maximum Gasteiger partial charge on any atom is 0.237 e. The van der Waals surface area contributed by atoms with Gasteiger partial charge in [0, 0.05) is 38.9 Å². The first-order valence-electron chi connectivity index (χ1n) is 9.21. The van der Waals surface area contributed by atoms with Crippen molar-refractivity contribution in [3.63, 3.8) is 0 Å². The maximum atomic E-state index is 12.6. The molecule has 3 nitrogen and oxygen atoms in total. The first kappa shape index (κ1) is 17.7. The van der Waals surface area contributed by atoms with E-state index in [0.717, 1.165) is 17.1 Å². The Hall–Kier alpha value is -2.72. The second-order valence-electron chi connectivity index (χ2n) is 6.56. The third kappa shape index (κ3) is 3.45. The van der Waals surface area contributed by atoms with Crippen LogP contribution in [0.1, 0.15) is 13.8 Å². The van der Waals surface area contributed by atoms with Crippen LogP contribution in [0.4, 0.5) is 5.69 Å². The van der Waals surface area contributed by atoms with Crippen LogP contribution in [0.3, 0.4) is 0 Å². The molecule has 1 N–H and O–H groups in total. The lowest BCUT2D eigenvalue weighted by Crippen LogP contribution is -2.22. The summed E-state index contributed by atoms with van der Waals surface area (Å²) in [6.45, 7) is 5.01. The summed E-state index contributed by atoms with van der Waals surface area (Å²) < 4.78 is 2.31. The number of para-hydroxylation sites is 1. The molecule has 27 heavy (non-hydrogen) atoms. The van der Waals surface area contributed by atoms with E-state index < -0.39 is 0 Å². The molecule has 0 fully saturated rings. The van der Waals surface area contributed by atoms with Gasteiger partial charge in [0.05, 0.1) is 5.25 Å². The van der Waals surface area contributed by atoms with E-state index in [4.69, 9.17) is 0 Å². The minimum Gasteiger partial charge on any atom is -0.341 e. The fourth-order valence-corrected chi connectivity index (χ4v) is 4.36. The Morgan fingerprint density at radius 2 is 1.67 bits per heavy atom. The van der Waals surface area contributed by atoms with E-state index in [1.165, 1.54) is 21.8 Å². The zero-order valence-corrected chi connectivity index (χ0v) is 16.3. The third-order valence-corrected chi connectivity index (χ3v) is 5.89. The van der Waals surface area contributed by atoms with Crippen molar-refractivity contribution in [3.05, 3.63) is 72.8 Å². The Kier molecular flexibility index (Phi) is 4.90. The second-order valence-corrected chi connectivity index (χ2v) is 7.97. The summed E-state index contributed by atoms with van der Waals surface area (Å²) in [5.41, 5.74) is 3.27. The number of aromatic nitrogens is 1. The molecule has 0 spiro atoms. The monoisotopic (exact) mass is 374 g/mol. The number of hydrogen-bond donors (Lipinski definition) is 1. The molecule has 4 aromatic rings. The van der Waals surface area contributed by atoms with Crippen LogP contribution in [0, 0.1) is 0 Å². The molecule has 1 unspecified atom stereocenters. The molecule has 0 radical (unpaired) electrons. The Bertz CT molecular complexity index is 1100. The van der Waals surface area contributed by atoms with Crippen molar-refractivity contribution < 1.29 is 4.79 Å². The standard InChI is InChI=1S/C23H22N2OS/c1-3-25-21-12-8-7-11-19(21)20-15-17(13-14-22(20)25)24-23(26)16(2)27-18-9-5-4-6-10-18/h4-16H,3H2,1-2H3,(H,24,26). The lowest BCUT2D eigenvalue weighted by Gasteiger charge is -2.12. The van der Waals surface area contributed by atoms with Gasteiger partial charge in [-0.2, -0.15) is 0 Å². The smallest absolute Gasteiger partial charge is 0.237 e. The quantitative estimate of drug-likeness (QED) is 0.439. The number of anilines is 1. The van der Waals surface area contributed by atoms with E-state index in [2.05, 4.69) is 53.2 Å². The molecule has 4 heteroatoms. The fraction of sp³-hybridized carbons (Fsp3) is 0.174. The zero-order chi connectivity index (χ0) is 18.8. The number of nitrogens with zero attached hydrogens (tertiary/aromatic N) is 1. The summed E-state index contributed by atoms with van der Waals surface area (Å²) in [4.78, 5) is 13.7. The van der Waals surface area contributed by atoms with Gasteiger partial charge in [0.15, 0.2) is 0 Å². The largest absolute Gasteiger partial charge is 0.341 e. The number of nitrogens with one attached hydrogen (secondary N) is 1. The first-order valence-corrected chi connectivity index (χ1v) is 10.1. The first-order chi connectivity index (χ1) is 13.2. The molecule has 1 aromatic heterocycles. The molecule has 1 atom stereocenters. The molecule has 1 heterocycles. The fourth-order valence-electron chi connectivity index (χ4n) is 3.47. The molecule has 4 rings (SSSR count). The van der Waals surface area contributed by atoms with Gasteiger partial charge in [-0.1, -0.05) is 36.4 Å². The summed E-state index contributed by atoms with van der Waals surface area (Å²) in [5, 5.41) is 5.30. The molecule has 3 aromatic carbocycles. The Labute approximate surface area is 163 Å². The van der Waals surface area contributed by atoms with E-state index in [1.807, 2.05) is 43.3 Å². The highest BCUT2D eigenvalue weighted by Crippen LogP contribution is 2.31. The van der Waals surface area contributed by atoms with E-state index in [1.54, 1.807) is 11.8 Å². The average Bonchev–Trinajstić information content (AvgIpc) is 3.02. The zero-order valence-electron chi connectivity index (χ0n) is 15.5. The SMILES string of the molecule is CCn1c2ccccc2c2cc(NC(=O)C(C)Sc3ccccc3)ccc21. The number of thioether (sulfide) groups is 1. The molecule has 1 amide bonds. The van der Waals surface area contributed by atoms with Crippen LogP contribution < -0.4 is 5.32 Å². The molecule has 0 aliphatic rings. The molecule has 0 saturated heterocycles. The van der Waals surface area contributed by atoms with Gasteiger partial charge >= 0.3 is 0 Å². The molecule has 0 aliphatic heterocycles. The van der Waals surface area contributed by atoms with Crippen LogP contribution in [0.25, 0.3) is 21.8 Å². The van der Waals surface area contributed by atoms with Gasteiger partial charge in [0.25, 0.3) is 0 Å². The third-order valence-electron chi connectivity index (χ3n) is 4.78. The Morgan fingerprint density at radius 1 is 0.963 bits per heavy atom. The maximum absolute atomic E-state index is 12.6. The summed E-state index contributed by atoms with van der Waals surface area (Å²) in [5.74, 6) is 0.0161. The highest BCUT2D eigenvalue weighted by molar-refractivity contribution is 8.00. The van der Waals surface area contributed by atoms with Crippen LogP contribution >= 0.6 is 11.8 Å². The van der Waals surface area contributed by atoms with E-state index >= 15 is 0 Å². The number of benzene rings is 3. The number of hydrogen-bond acceptors (Lipinski definition) is 2. The van der Waals surface area contributed by atoms with Crippen molar-refractivity contribution in [1.82, 2.24) is 4.57 Å². The van der Waals surface area contributed by atoms with Gasteiger partial charge in [-0.25, -0.2) is 0 Å². The van der Waals surface area contributed by atoms with E-state index in [-0.39, 0.29) is 11.2 Å². The molecule has 0 saturated carbocycles.